The van der Waals surface area contributed by atoms with Crippen molar-refractivity contribution in [2.75, 3.05) is 5.88 Å². The Hall–Kier alpha value is -3.82. The molecule has 1 saturated heterocycles. The van der Waals surface area contributed by atoms with E-state index in [0.717, 1.165) is 47.1 Å². The summed E-state index contributed by atoms with van der Waals surface area (Å²) in [4.78, 5) is 42.4. The lowest BCUT2D eigenvalue weighted by atomic mass is 9.87. The van der Waals surface area contributed by atoms with E-state index in [1.165, 1.54) is 22.2 Å². The number of nitrogens with one attached hydrogen (secondary N) is 2. The highest BCUT2D eigenvalue weighted by Gasteiger charge is 2.50. The molecule has 1 heterocycles. The molecule has 45 heavy (non-hydrogen) atoms. The van der Waals surface area contributed by atoms with Crippen LogP contribution in [0.3, 0.4) is 0 Å². The van der Waals surface area contributed by atoms with Crippen molar-refractivity contribution < 1.29 is 24.2 Å². The molecule has 0 aromatic heterocycles. The maximum absolute atomic E-state index is 14.0. The molecule has 0 saturated carbocycles. The molecule has 1 fully saturated rings. The zero-order chi connectivity index (χ0) is 32.1. The van der Waals surface area contributed by atoms with Gasteiger partial charge in [0.05, 0.1) is 18.0 Å². The van der Waals surface area contributed by atoms with Gasteiger partial charge in [-0.1, -0.05) is 72.8 Å². The molecule has 4 atom stereocenters. The monoisotopic (exact) mass is 629 g/mol. The normalized spacial score (nSPS) is 20.1. The van der Waals surface area contributed by atoms with E-state index >= 15 is 0 Å². The first-order chi connectivity index (χ1) is 21.5. The average Bonchev–Trinajstić information content (AvgIpc) is 3.35. The molecule has 3 aromatic carbocycles. The van der Waals surface area contributed by atoms with E-state index in [9.17, 15) is 19.5 Å². The SMILES string of the molecule is Cc1cccc(C)c1COC(=O)N[C@@H](Cc1ccccc1)[C@H](O)C(=O)N1CSC(C)(C)[C@H]1C(=O)N[C@H]1CCCc2ccccc21. The van der Waals surface area contributed by atoms with Crippen LogP contribution in [0.4, 0.5) is 4.79 Å². The molecule has 0 spiro atoms. The summed E-state index contributed by atoms with van der Waals surface area (Å²) < 4.78 is 4.98. The number of nitrogens with zero attached hydrogens (tertiary/aromatic N) is 1. The fraction of sp³-hybridized carbons (Fsp3) is 0.417. The minimum atomic E-state index is -1.60. The number of rotatable bonds is 9. The van der Waals surface area contributed by atoms with E-state index in [2.05, 4.69) is 22.8 Å². The Morgan fingerprint density at radius 3 is 2.42 bits per heavy atom. The molecule has 0 unspecified atom stereocenters. The van der Waals surface area contributed by atoms with E-state index in [-0.39, 0.29) is 30.9 Å². The smallest absolute Gasteiger partial charge is 0.407 e. The van der Waals surface area contributed by atoms with Crippen molar-refractivity contribution in [1.29, 1.82) is 0 Å². The van der Waals surface area contributed by atoms with E-state index < -0.39 is 34.9 Å². The predicted octanol–water partition coefficient (Wildman–Crippen LogP) is 5.38. The average molecular weight is 630 g/mol. The van der Waals surface area contributed by atoms with Crippen LogP contribution in [-0.4, -0.2) is 56.7 Å². The Balaban J connectivity index is 1.32. The molecule has 2 aliphatic rings. The number of ether oxygens (including phenoxy) is 1. The summed E-state index contributed by atoms with van der Waals surface area (Å²) in [6.07, 6.45) is 0.648. The van der Waals surface area contributed by atoms with E-state index in [1.807, 2.05) is 88.4 Å². The number of alkyl carbamates (subject to hydrolysis) is 1. The second kappa shape index (κ2) is 14.1. The minimum Gasteiger partial charge on any atom is -0.445 e. The zero-order valence-corrected chi connectivity index (χ0v) is 27.2. The molecule has 8 nitrogen and oxygen atoms in total. The Kier molecular flexibility index (Phi) is 10.2. The molecule has 5 rings (SSSR count). The van der Waals surface area contributed by atoms with Crippen LogP contribution in [0, 0.1) is 13.8 Å². The van der Waals surface area contributed by atoms with Crippen LogP contribution in [-0.2, 0) is 33.8 Å². The van der Waals surface area contributed by atoms with Gasteiger partial charge < -0.3 is 25.4 Å². The lowest BCUT2D eigenvalue weighted by molar-refractivity contribution is -0.147. The highest BCUT2D eigenvalue weighted by Crippen LogP contribution is 2.40. The summed E-state index contributed by atoms with van der Waals surface area (Å²) >= 11 is 1.50. The van der Waals surface area contributed by atoms with Crippen LogP contribution in [0.5, 0.6) is 0 Å². The van der Waals surface area contributed by atoms with Crippen molar-refractivity contribution in [3.8, 4) is 0 Å². The fourth-order valence-electron chi connectivity index (χ4n) is 6.43. The van der Waals surface area contributed by atoms with Crippen molar-refractivity contribution in [2.45, 2.75) is 89.0 Å². The van der Waals surface area contributed by atoms with Gasteiger partial charge in [-0.3, -0.25) is 9.59 Å². The summed E-state index contributed by atoms with van der Waals surface area (Å²) in [6, 6.07) is 21.5. The van der Waals surface area contributed by atoms with Gasteiger partial charge in [0.15, 0.2) is 6.10 Å². The summed E-state index contributed by atoms with van der Waals surface area (Å²) in [5, 5.41) is 17.5. The van der Waals surface area contributed by atoms with Gasteiger partial charge in [-0.25, -0.2) is 4.79 Å². The molecule has 238 valence electrons. The summed E-state index contributed by atoms with van der Waals surface area (Å²) in [5.41, 5.74) is 6.12. The quantitative estimate of drug-likeness (QED) is 0.294. The summed E-state index contributed by atoms with van der Waals surface area (Å²) in [7, 11) is 0. The minimum absolute atomic E-state index is 0.0654. The Morgan fingerprint density at radius 1 is 1.00 bits per heavy atom. The Bertz CT molecular complexity index is 1510. The lowest BCUT2D eigenvalue weighted by Crippen LogP contribution is -2.59. The number of hydrogen-bond acceptors (Lipinski definition) is 6. The molecule has 1 aliphatic carbocycles. The van der Waals surface area contributed by atoms with Gasteiger partial charge in [0.1, 0.15) is 12.6 Å². The molecule has 3 aromatic rings. The third-order valence-electron chi connectivity index (χ3n) is 8.99. The van der Waals surface area contributed by atoms with Gasteiger partial charge in [0, 0.05) is 4.75 Å². The maximum atomic E-state index is 14.0. The number of aryl methyl sites for hydroxylation is 3. The van der Waals surface area contributed by atoms with Crippen LogP contribution in [0.1, 0.15) is 66.1 Å². The maximum Gasteiger partial charge on any atom is 0.407 e. The molecule has 3 N–H and O–H groups in total. The third-order valence-corrected chi connectivity index (χ3v) is 10.4. The Morgan fingerprint density at radius 2 is 1.69 bits per heavy atom. The highest BCUT2D eigenvalue weighted by molar-refractivity contribution is 8.00. The molecular formula is C36H43N3O5S. The molecule has 3 amide bonds. The number of hydrogen-bond donors (Lipinski definition) is 3. The first-order valence-electron chi connectivity index (χ1n) is 15.6. The largest absolute Gasteiger partial charge is 0.445 e. The molecule has 0 radical (unpaired) electrons. The molecular weight excluding hydrogens is 586 g/mol. The van der Waals surface area contributed by atoms with Crippen LogP contribution < -0.4 is 10.6 Å². The van der Waals surface area contributed by atoms with Gasteiger partial charge in [0.2, 0.25) is 5.91 Å². The standard InChI is InChI=1S/C36H43N3O5S/c1-23-12-10-13-24(2)28(23)21-44-35(43)38-30(20-25-14-6-5-7-15-25)31(40)34(42)39-22-45-36(3,4)32(39)33(41)37-29-19-11-17-26-16-8-9-18-27(26)29/h5-10,12-16,18,29-32,40H,11,17,19-22H2,1-4H3,(H,37,41)(H,38,43)/t29-,30-,31-,32+/m0/s1. The van der Waals surface area contributed by atoms with Crippen LogP contribution in [0.25, 0.3) is 0 Å². The van der Waals surface area contributed by atoms with Crippen molar-refractivity contribution in [3.05, 3.63) is 106 Å². The lowest BCUT2D eigenvalue weighted by Gasteiger charge is -2.35. The van der Waals surface area contributed by atoms with Crippen LogP contribution in [0.15, 0.2) is 72.8 Å². The third kappa shape index (κ3) is 7.53. The molecule has 9 heteroatoms. The first kappa shape index (κ1) is 32.6. The Labute approximate surface area is 269 Å². The zero-order valence-electron chi connectivity index (χ0n) is 26.4. The van der Waals surface area contributed by atoms with E-state index in [4.69, 9.17) is 4.74 Å². The van der Waals surface area contributed by atoms with E-state index in [1.54, 1.807) is 0 Å². The summed E-state index contributed by atoms with van der Waals surface area (Å²) in [6.45, 7) is 7.87. The first-order valence-corrected chi connectivity index (χ1v) is 16.6. The predicted molar refractivity (Wildman–Crippen MR) is 177 cm³/mol. The van der Waals surface area contributed by atoms with Crippen LogP contribution in [0.2, 0.25) is 0 Å². The number of fused-ring (bicyclic) bond motifs is 1. The van der Waals surface area contributed by atoms with Gasteiger partial charge >= 0.3 is 6.09 Å². The number of benzene rings is 3. The second-order valence-electron chi connectivity index (χ2n) is 12.6. The number of aliphatic hydroxyl groups excluding tert-OH is 1. The van der Waals surface area contributed by atoms with Crippen molar-refractivity contribution in [3.63, 3.8) is 0 Å². The van der Waals surface area contributed by atoms with Gasteiger partial charge in [0.25, 0.3) is 5.91 Å². The number of amides is 3. The van der Waals surface area contributed by atoms with Crippen molar-refractivity contribution in [1.82, 2.24) is 15.5 Å². The fourth-order valence-corrected chi connectivity index (χ4v) is 7.57. The van der Waals surface area contributed by atoms with Gasteiger partial charge in [-0.15, -0.1) is 11.8 Å². The van der Waals surface area contributed by atoms with E-state index in [0.29, 0.717) is 0 Å². The highest BCUT2D eigenvalue weighted by atomic mass is 32.2. The van der Waals surface area contributed by atoms with Crippen LogP contribution >= 0.6 is 11.8 Å². The molecule has 0 bridgehead atoms. The topological polar surface area (TPSA) is 108 Å². The number of aliphatic hydroxyl groups is 1. The summed E-state index contributed by atoms with van der Waals surface area (Å²) in [5.74, 6) is -0.599. The van der Waals surface area contributed by atoms with Gasteiger partial charge in [-0.2, -0.15) is 0 Å². The van der Waals surface area contributed by atoms with Crippen molar-refractivity contribution >= 4 is 29.7 Å². The van der Waals surface area contributed by atoms with Crippen molar-refractivity contribution in [2.24, 2.45) is 0 Å². The molecule has 1 aliphatic heterocycles. The number of thioether (sulfide) groups is 1. The number of carbonyl (C=O) groups excluding carboxylic acids is 3. The number of carbonyl (C=O) groups is 3. The second-order valence-corrected chi connectivity index (χ2v) is 14.2. The van der Waals surface area contributed by atoms with Gasteiger partial charge in [-0.05, 0) is 86.8 Å².